The first-order valence-electron chi connectivity index (χ1n) is 9.64. The van der Waals surface area contributed by atoms with Crippen LogP contribution in [0.1, 0.15) is 39.1 Å². The fourth-order valence-electron chi connectivity index (χ4n) is 4.03. The van der Waals surface area contributed by atoms with Crippen molar-refractivity contribution < 1.29 is 19.2 Å². The number of ether oxygens (including phenoxy) is 2. The lowest BCUT2D eigenvalue weighted by Crippen LogP contribution is -2.38. The summed E-state index contributed by atoms with van der Waals surface area (Å²) >= 11 is 0. The summed E-state index contributed by atoms with van der Waals surface area (Å²) in [6.45, 7) is 0. The number of methoxy groups -OCH3 is 1. The minimum atomic E-state index is -0.884. The Bertz CT molecular complexity index is 1360. The van der Waals surface area contributed by atoms with Gasteiger partial charge in [0.15, 0.2) is 0 Å². The largest absolute Gasteiger partial charge is 0.469 e. The van der Waals surface area contributed by atoms with Crippen LogP contribution in [0.3, 0.4) is 0 Å². The number of carbonyl (C=O) groups is 1. The van der Waals surface area contributed by atoms with Crippen LogP contribution in [0.5, 0.6) is 5.88 Å². The van der Waals surface area contributed by atoms with Crippen LogP contribution in [0.2, 0.25) is 0 Å². The maximum absolute atomic E-state index is 13.1. The van der Waals surface area contributed by atoms with Gasteiger partial charge in [0, 0.05) is 25.7 Å². The second-order valence-electron chi connectivity index (χ2n) is 7.37. The predicted molar refractivity (Wildman–Crippen MR) is 113 cm³/mol. The van der Waals surface area contributed by atoms with Gasteiger partial charge in [-0.25, -0.2) is 9.59 Å². The number of esters is 1. The molecule has 0 N–H and O–H groups in total. The van der Waals surface area contributed by atoms with Gasteiger partial charge in [0.05, 0.1) is 29.1 Å². The van der Waals surface area contributed by atoms with Crippen LogP contribution in [0, 0.1) is 10.1 Å². The molecule has 1 aliphatic heterocycles. The first-order chi connectivity index (χ1) is 15.3. The zero-order chi connectivity index (χ0) is 23.2. The second-order valence-corrected chi connectivity index (χ2v) is 7.37. The molecule has 3 aromatic rings. The maximum Gasteiger partial charge on any atom is 0.338 e. The third-order valence-electron chi connectivity index (χ3n) is 5.61. The minimum absolute atomic E-state index is 0.00622. The van der Waals surface area contributed by atoms with Crippen molar-refractivity contribution in [1.82, 2.24) is 9.13 Å². The number of carbonyl (C=O) groups excluding carboxylic acids is 1. The third-order valence-corrected chi connectivity index (χ3v) is 5.61. The number of nitro groups is 1. The summed E-state index contributed by atoms with van der Waals surface area (Å²) in [5.41, 5.74) is -0.523. The van der Waals surface area contributed by atoms with E-state index in [1.54, 1.807) is 24.3 Å². The van der Waals surface area contributed by atoms with E-state index in [2.05, 4.69) is 4.74 Å². The number of hydrogen-bond donors (Lipinski definition) is 0. The van der Waals surface area contributed by atoms with E-state index >= 15 is 0 Å². The van der Waals surface area contributed by atoms with E-state index in [0.29, 0.717) is 5.56 Å². The van der Waals surface area contributed by atoms with Gasteiger partial charge in [-0.05, 0) is 11.6 Å². The van der Waals surface area contributed by atoms with E-state index in [9.17, 15) is 24.5 Å². The zero-order valence-corrected chi connectivity index (χ0v) is 17.5. The van der Waals surface area contributed by atoms with E-state index < -0.39 is 34.2 Å². The Balaban J connectivity index is 2.03. The molecule has 164 valence electrons. The predicted octanol–water partition coefficient (Wildman–Crippen LogP) is 2.04. The van der Waals surface area contributed by atoms with Crippen molar-refractivity contribution in [2.45, 2.75) is 12.0 Å². The van der Waals surface area contributed by atoms with Gasteiger partial charge in [-0.1, -0.05) is 36.4 Å². The van der Waals surface area contributed by atoms with Gasteiger partial charge < -0.3 is 9.47 Å². The molecule has 10 nitrogen and oxygen atoms in total. The summed E-state index contributed by atoms with van der Waals surface area (Å²) in [7, 11) is 3.99. The van der Waals surface area contributed by atoms with Crippen LogP contribution in [-0.4, -0.2) is 27.1 Å². The number of aromatic nitrogens is 2. The topological polar surface area (TPSA) is 123 Å². The Labute approximate surface area is 181 Å². The fourth-order valence-corrected chi connectivity index (χ4v) is 4.03. The molecule has 10 heteroatoms. The van der Waals surface area contributed by atoms with Crippen molar-refractivity contribution in [3.05, 3.63) is 102 Å². The van der Waals surface area contributed by atoms with Crippen LogP contribution in [0.15, 0.2) is 58.1 Å². The van der Waals surface area contributed by atoms with Gasteiger partial charge in [-0.2, -0.15) is 0 Å². The van der Waals surface area contributed by atoms with Crippen LogP contribution < -0.4 is 16.0 Å². The van der Waals surface area contributed by atoms with Crippen molar-refractivity contribution in [3.63, 3.8) is 0 Å². The summed E-state index contributed by atoms with van der Waals surface area (Å²) < 4.78 is 12.9. The van der Waals surface area contributed by atoms with Crippen molar-refractivity contribution in [2.24, 2.45) is 14.1 Å². The van der Waals surface area contributed by atoms with E-state index in [-0.39, 0.29) is 28.3 Å². The summed E-state index contributed by atoms with van der Waals surface area (Å²) in [4.78, 5) is 48.8. The highest BCUT2D eigenvalue weighted by atomic mass is 16.6. The van der Waals surface area contributed by atoms with E-state index in [1.807, 2.05) is 6.07 Å². The molecule has 1 aromatic heterocycles. The highest BCUT2D eigenvalue weighted by Gasteiger charge is 2.44. The van der Waals surface area contributed by atoms with E-state index in [1.165, 1.54) is 37.9 Å². The molecule has 0 radical (unpaired) electrons. The third kappa shape index (κ3) is 3.16. The first kappa shape index (κ1) is 21.0. The molecule has 0 spiro atoms. The lowest BCUT2D eigenvalue weighted by atomic mass is 9.84. The molecule has 0 unspecified atom stereocenters. The second kappa shape index (κ2) is 7.80. The molecule has 0 fully saturated rings. The Morgan fingerprint density at radius 2 is 1.78 bits per heavy atom. The highest BCUT2D eigenvalue weighted by Crippen LogP contribution is 2.49. The molecule has 0 bridgehead atoms. The molecule has 0 saturated carbocycles. The first-order valence-corrected chi connectivity index (χ1v) is 9.64. The number of benzene rings is 2. The van der Waals surface area contributed by atoms with Gasteiger partial charge in [0.1, 0.15) is 6.10 Å². The molecule has 0 aliphatic carbocycles. The van der Waals surface area contributed by atoms with Crippen LogP contribution >= 0.6 is 0 Å². The van der Waals surface area contributed by atoms with Crippen molar-refractivity contribution in [2.75, 3.05) is 7.11 Å². The monoisotopic (exact) mass is 437 g/mol. The van der Waals surface area contributed by atoms with Gasteiger partial charge in [0.25, 0.3) is 11.2 Å². The molecular formula is C22H19N3O7. The Hall–Kier alpha value is -4.21. The van der Waals surface area contributed by atoms with Crippen LogP contribution in [0.4, 0.5) is 5.69 Å². The molecule has 2 atom stereocenters. The molecule has 4 rings (SSSR count). The molecule has 0 saturated heterocycles. The number of hydrogen-bond acceptors (Lipinski definition) is 7. The average Bonchev–Trinajstić information content (AvgIpc) is 3.21. The number of rotatable bonds is 4. The smallest absolute Gasteiger partial charge is 0.338 e. The van der Waals surface area contributed by atoms with Gasteiger partial charge in [-0.15, -0.1) is 0 Å². The summed E-state index contributed by atoms with van der Waals surface area (Å²) in [6, 6.07) is 12.9. The standard InChI is InChI=1S/C22H19N3O7/c1-23-19(26)17-16(14-10-9-13(21(27)31-3)11-15(14)25(29)30)18(12-7-5-4-6-8-12)32-20(17)24(2)22(23)28/h4-11,16,18H,1-3H3/t16-,18+/m0/s1. The summed E-state index contributed by atoms with van der Waals surface area (Å²) in [5.74, 6) is -1.55. The molecular weight excluding hydrogens is 418 g/mol. The highest BCUT2D eigenvalue weighted by molar-refractivity contribution is 5.90. The summed E-state index contributed by atoms with van der Waals surface area (Å²) in [6.07, 6.45) is -0.797. The van der Waals surface area contributed by atoms with Crippen molar-refractivity contribution >= 4 is 11.7 Å². The molecule has 0 amide bonds. The molecule has 32 heavy (non-hydrogen) atoms. The van der Waals surface area contributed by atoms with E-state index in [0.717, 1.165) is 10.6 Å². The van der Waals surface area contributed by atoms with Gasteiger partial charge in [0.2, 0.25) is 5.88 Å². The minimum Gasteiger partial charge on any atom is -0.469 e. The fraction of sp³-hybridized carbons (Fsp3) is 0.227. The van der Waals surface area contributed by atoms with E-state index in [4.69, 9.17) is 4.74 Å². The van der Waals surface area contributed by atoms with Crippen LogP contribution in [-0.2, 0) is 18.8 Å². The maximum atomic E-state index is 13.1. The lowest BCUT2D eigenvalue weighted by Gasteiger charge is -2.19. The molecule has 1 aliphatic rings. The molecule has 2 heterocycles. The normalized spacial score (nSPS) is 16.8. The van der Waals surface area contributed by atoms with Crippen molar-refractivity contribution in [1.29, 1.82) is 0 Å². The van der Waals surface area contributed by atoms with Gasteiger partial charge in [-0.3, -0.25) is 24.0 Å². The number of fused-ring (bicyclic) bond motifs is 1. The lowest BCUT2D eigenvalue weighted by molar-refractivity contribution is -0.385. The SMILES string of the molecule is COC(=O)c1ccc([C@H]2c3c(n(C)c(=O)n(C)c3=O)O[C@@H]2c2ccccc2)c([N+](=O)[O-])c1. The zero-order valence-electron chi connectivity index (χ0n) is 17.5. The van der Waals surface area contributed by atoms with Gasteiger partial charge >= 0.3 is 11.7 Å². The Morgan fingerprint density at radius 1 is 1.09 bits per heavy atom. The van der Waals surface area contributed by atoms with Crippen molar-refractivity contribution in [3.8, 4) is 5.88 Å². The quantitative estimate of drug-likeness (QED) is 0.348. The molecule has 2 aromatic carbocycles. The Kier molecular flexibility index (Phi) is 5.13. The average molecular weight is 437 g/mol. The number of nitro benzene ring substituents is 1. The summed E-state index contributed by atoms with van der Waals surface area (Å²) in [5, 5.41) is 11.9. The Morgan fingerprint density at radius 3 is 2.41 bits per heavy atom. The van der Waals surface area contributed by atoms with Crippen LogP contribution in [0.25, 0.3) is 0 Å². The number of nitrogens with zero attached hydrogens (tertiary/aromatic N) is 3.